The zero-order valence-corrected chi connectivity index (χ0v) is 18.9. The van der Waals surface area contributed by atoms with Crippen molar-refractivity contribution >= 4 is 5.69 Å². The molecule has 2 aromatic carbocycles. The van der Waals surface area contributed by atoms with E-state index < -0.39 is 28.9 Å². The summed E-state index contributed by atoms with van der Waals surface area (Å²) in [5, 5.41) is 32.7. The number of aliphatic hydroxyl groups is 3. The second kappa shape index (κ2) is 9.54. The number of rotatable bonds is 6. The number of piperidine rings is 2. The van der Waals surface area contributed by atoms with Gasteiger partial charge in [0.05, 0.1) is 11.7 Å². The number of nitrogens with zero attached hydrogens (tertiary/aromatic N) is 2. The van der Waals surface area contributed by atoms with Gasteiger partial charge in [0.1, 0.15) is 29.6 Å². The molecule has 2 heterocycles. The molecule has 6 nitrogen and oxygen atoms in total. The van der Waals surface area contributed by atoms with Gasteiger partial charge < -0.3 is 25.0 Å². The molecule has 2 aliphatic rings. The maximum Gasteiger partial charge on any atom is 0.137 e. The molecule has 8 heteroatoms. The summed E-state index contributed by atoms with van der Waals surface area (Å²) in [6.45, 7) is 4.23. The Morgan fingerprint density at radius 3 is 2.36 bits per heavy atom. The summed E-state index contributed by atoms with van der Waals surface area (Å²) in [4.78, 5) is 4.22. The van der Waals surface area contributed by atoms with Gasteiger partial charge in [0, 0.05) is 56.6 Å². The largest absolute Gasteiger partial charge is 0.490 e. The summed E-state index contributed by atoms with van der Waals surface area (Å²) >= 11 is 0. The lowest BCUT2D eigenvalue weighted by molar-refractivity contribution is -0.149. The molecule has 0 amide bonds. The number of halogens is 2. The lowest BCUT2D eigenvalue weighted by Crippen LogP contribution is -2.62. The van der Waals surface area contributed by atoms with E-state index in [0.29, 0.717) is 32.4 Å². The zero-order valence-electron chi connectivity index (χ0n) is 18.9. The van der Waals surface area contributed by atoms with Crippen LogP contribution in [0.15, 0.2) is 42.5 Å². The number of aryl methyl sites for hydroxylation is 1. The van der Waals surface area contributed by atoms with Gasteiger partial charge in [-0.1, -0.05) is 18.2 Å². The van der Waals surface area contributed by atoms with E-state index in [1.165, 1.54) is 11.3 Å². The van der Waals surface area contributed by atoms with Crippen LogP contribution in [-0.4, -0.2) is 76.9 Å². The summed E-state index contributed by atoms with van der Waals surface area (Å²) in [6.07, 6.45) is 0.461. The number of hydrogen-bond acceptors (Lipinski definition) is 6. The number of ether oxygens (including phenoxy) is 1. The Morgan fingerprint density at radius 1 is 1.03 bits per heavy atom. The molecule has 0 aromatic heterocycles. The molecule has 0 spiro atoms. The van der Waals surface area contributed by atoms with Crippen LogP contribution in [0.2, 0.25) is 0 Å². The van der Waals surface area contributed by atoms with E-state index in [2.05, 4.69) is 24.0 Å². The SMILES string of the molecule is Cc1ccccc1N1CCC(O)(CN2CC[C@H](O)[C@@](O)(COc3cc(F)cc(F)c3)C2)CC1. The maximum atomic E-state index is 13.4. The lowest BCUT2D eigenvalue weighted by Gasteiger charge is -2.47. The number of β-amino-alcohol motifs (C(OH)–C–C–N with tert-alkyl or cyclic N) is 2. The van der Waals surface area contributed by atoms with Crippen molar-refractivity contribution < 1.29 is 28.8 Å². The molecular formula is C25H32F2N2O4. The Hall–Kier alpha value is -2.26. The molecule has 4 rings (SSSR count). The first-order valence-corrected chi connectivity index (χ1v) is 11.4. The van der Waals surface area contributed by atoms with E-state index in [-0.39, 0.29) is 18.9 Å². The number of benzene rings is 2. The third kappa shape index (κ3) is 5.63. The summed E-state index contributed by atoms with van der Waals surface area (Å²) in [6, 6.07) is 11.0. The van der Waals surface area contributed by atoms with Crippen molar-refractivity contribution in [1.82, 2.24) is 4.90 Å². The van der Waals surface area contributed by atoms with Crippen LogP contribution < -0.4 is 9.64 Å². The zero-order chi connectivity index (χ0) is 23.6. The monoisotopic (exact) mass is 462 g/mol. The first-order valence-electron chi connectivity index (χ1n) is 11.4. The summed E-state index contributed by atoms with van der Waals surface area (Å²) < 4.78 is 32.3. The minimum absolute atomic E-state index is 0.0487. The minimum Gasteiger partial charge on any atom is -0.490 e. The highest BCUT2D eigenvalue weighted by atomic mass is 19.1. The second-order valence-electron chi connectivity index (χ2n) is 9.51. The van der Waals surface area contributed by atoms with Crippen molar-refractivity contribution in [2.24, 2.45) is 0 Å². The molecule has 0 aliphatic carbocycles. The fourth-order valence-electron chi connectivity index (χ4n) is 4.90. The number of anilines is 1. The number of hydrogen-bond donors (Lipinski definition) is 3. The Morgan fingerprint density at radius 2 is 1.70 bits per heavy atom. The summed E-state index contributed by atoms with van der Waals surface area (Å²) in [5.41, 5.74) is -0.120. The van der Waals surface area contributed by atoms with E-state index in [4.69, 9.17) is 4.74 Å². The molecule has 2 fully saturated rings. The topological polar surface area (TPSA) is 76.4 Å². The van der Waals surface area contributed by atoms with Crippen molar-refractivity contribution in [2.45, 2.75) is 43.5 Å². The third-order valence-electron chi connectivity index (χ3n) is 6.83. The predicted octanol–water partition coefficient (Wildman–Crippen LogP) is 2.48. The van der Waals surface area contributed by atoms with Crippen LogP contribution in [-0.2, 0) is 0 Å². The van der Waals surface area contributed by atoms with Crippen LogP contribution >= 0.6 is 0 Å². The molecule has 2 atom stereocenters. The minimum atomic E-state index is -1.61. The quantitative estimate of drug-likeness (QED) is 0.613. The standard InChI is InChI=1S/C25H32F2N2O4/c1-18-4-2-3-5-22(18)29-10-7-24(31,8-11-29)15-28-9-6-23(30)25(32,16-28)17-33-21-13-19(26)12-20(27)14-21/h2-5,12-14,23,30-32H,6-11,15-17H2,1H3/t23-,25-/m0/s1. The van der Waals surface area contributed by atoms with Gasteiger partial charge >= 0.3 is 0 Å². The van der Waals surface area contributed by atoms with Gasteiger partial charge in [0.25, 0.3) is 0 Å². The van der Waals surface area contributed by atoms with Crippen LogP contribution in [0.25, 0.3) is 0 Å². The number of para-hydroxylation sites is 1. The summed E-state index contributed by atoms with van der Waals surface area (Å²) in [5.74, 6) is -1.60. The molecule has 2 aliphatic heterocycles. The van der Waals surface area contributed by atoms with Gasteiger partial charge in [-0.2, -0.15) is 0 Å². The van der Waals surface area contributed by atoms with Crippen molar-refractivity contribution in [1.29, 1.82) is 0 Å². The van der Waals surface area contributed by atoms with E-state index in [9.17, 15) is 24.1 Å². The van der Waals surface area contributed by atoms with Crippen LogP contribution in [0.1, 0.15) is 24.8 Å². The fraction of sp³-hybridized carbons (Fsp3) is 0.520. The molecule has 0 saturated carbocycles. The lowest BCUT2D eigenvalue weighted by atomic mass is 9.86. The average Bonchev–Trinajstić information content (AvgIpc) is 2.76. The second-order valence-corrected chi connectivity index (χ2v) is 9.51. The van der Waals surface area contributed by atoms with E-state index in [1.807, 2.05) is 17.0 Å². The van der Waals surface area contributed by atoms with Crippen LogP contribution in [0.4, 0.5) is 14.5 Å². The van der Waals surface area contributed by atoms with Gasteiger partial charge in [-0.3, -0.25) is 4.90 Å². The first kappa shape index (κ1) is 23.9. The van der Waals surface area contributed by atoms with Crippen molar-refractivity contribution in [3.63, 3.8) is 0 Å². The third-order valence-corrected chi connectivity index (χ3v) is 6.83. The molecule has 0 unspecified atom stereocenters. The van der Waals surface area contributed by atoms with Crippen molar-refractivity contribution in [3.8, 4) is 5.75 Å². The highest BCUT2D eigenvalue weighted by Gasteiger charge is 2.44. The Labute approximate surface area is 193 Å². The molecule has 33 heavy (non-hydrogen) atoms. The molecule has 0 radical (unpaired) electrons. The van der Waals surface area contributed by atoms with Crippen LogP contribution in [0.5, 0.6) is 5.75 Å². The van der Waals surface area contributed by atoms with Gasteiger partial charge in [-0.15, -0.1) is 0 Å². The molecule has 180 valence electrons. The number of aliphatic hydroxyl groups excluding tert-OH is 1. The van der Waals surface area contributed by atoms with Crippen LogP contribution in [0.3, 0.4) is 0 Å². The van der Waals surface area contributed by atoms with Crippen molar-refractivity contribution in [2.75, 3.05) is 44.2 Å². The Balaban J connectivity index is 1.35. The molecule has 2 aromatic rings. The summed E-state index contributed by atoms with van der Waals surface area (Å²) in [7, 11) is 0. The fourth-order valence-corrected chi connectivity index (χ4v) is 4.90. The predicted molar refractivity (Wildman–Crippen MR) is 121 cm³/mol. The van der Waals surface area contributed by atoms with E-state index in [0.717, 1.165) is 31.3 Å². The van der Waals surface area contributed by atoms with Crippen molar-refractivity contribution in [3.05, 3.63) is 59.7 Å². The Bertz CT molecular complexity index is 947. The molecular weight excluding hydrogens is 430 g/mol. The highest BCUT2D eigenvalue weighted by molar-refractivity contribution is 5.53. The van der Waals surface area contributed by atoms with Gasteiger partial charge in [0.15, 0.2) is 0 Å². The van der Waals surface area contributed by atoms with Crippen LogP contribution in [0, 0.1) is 18.6 Å². The molecule has 2 saturated heterocycles. The Kier molecular flexibility index (Phi) is 6.91. The smallest absolute Gasteiger partial charge is 0.137 e. The maximum absolute atomic E-state index is 13.4. The normalized spacial score (nSPS) is 25.8. The molecule has 0 bridgehead atoms. The van der Waals surface area contributed by atoms with E-state index >= 15 is 0 Å². The van der Waals surface area contributed by atoms with E-state index in [1.54, 1.807) is 0 Å². The molecule has 3 N–H and O–H groups in total. The highest BCUT2D eigenvalue weighted by Crippen LogP contribution is 2.31. The average molecular weight is 463 g/mol. The van der Waals surface area contributed by atoms with Gasteiger partial charge in [-0.05, 0) is 37.8 Å². The van der Waals surface area contributed by atoms with Gasteiger partial charge in [-0.25, -0.2) is 8.78 Å². The first-order chi connectivity index (χ1) is 15.7. The van der Waals surface area contributed by atoms with Gasteiger partial charge in [0.2, 0.25) is 0 Å². The number of likely N-dealkylation sites (tertiary alicyclic amines) is 1.